The molecule has 0 fully saturated rings. The number of hydrogen-bond acceptors (Lipinski definition) is 3. The zero-order valence-corrected chi connectivity index (χ0v) is 3.00. The van der Waals surface area contributed by atoms with Crippen molar-refractivity contribution in [2.75, 3.05) is 0 Å². The molecule has 0 rings (SSSR count). The zero-order chi connectivity index (χ0) is 3.41. The van der Waals surface area contributed by atoms with Crippen molar-refractivity contribution < 1.29 is 4.62 Å². The average molecular weight is 79.0 g/mol. The van der Waals surface area contributed by atoms with Gasteiger partial charge in [0, 0.05) is 0 Å². The Bertz CT molecular complexity index is 20.0. The third kappa shape index (κ3) is 1.83. The Balaban J connectivity index is 2.30. The summed E-state index contributed by atoms with van der Waals surface area (Å²) in [6.45, 7) is 0. The first kappa shape index (κ1) is 3.83. The monoisotopic (exact) mass is 79.0 g/mol. The van der Waals surface area contributed by atoms with Crippen LogP contribution in [0.5, 0.6) is 0 Å². The fourth-order valence-corrected chi connectivity index (χ4v) is 0. The molecule has 0 bridgehead atoms. The summed E-state index contributed by atoms with van der Waals surface area (Å²) in [5.41, 5.74) is 0. The fraction of sp³-hybridized carbons (Fsp3) is 0. The Morgan fingerprint density at radius 2 is 2.25 bits per heavy atom. The van der Waals surface area contributed by atoms with Crippen LogP contribution < -0.4 is 0 Å². The van der Waals surface area contributed by atoms with Gasteiger partial charge in [-0.3, -0.25) is 0 Å². The van der Waals surface area contributed by atoms with Gasteiger partial charge in [-0.05, 0) is 0 Å². The first-order valence-corrected chi connectivity index (χ1v) is 1.07. The summed E-state index contributed by atoms with van der Waals surface area (Å²) >= 11 is 0. The average Bonchev–Trinajstić information content (AvgIpc) is 1.37. The number of rotatable bonds is 1. The Morgan fingerprint density at radius 1 is 2.00 bits per heavy atom. The predicted molar refractivity (Wildman–Crippen MR) is 16.6 cm³/mol. The molecular formula is H2NO2P. The van der Waals surface area contributed by atoms with Gasteiger partial charge < -0.3 is 4.62 Å². The van der Waals surface area contributed by atoms with Crippen molar-refractivity contribution in [3.63, 3.8) is 0 Å². The molecule has 0 N–H and O–H groups in total. The molecule has 3 nitrogen and oxygen atoms in total. The van der Waals surface area contributed by atoms with E-state index in [9.17, 15) is 0 Å². The van der Waals surface area contributed by atoms with E-state index >= 15 is 0 Å². The third-order valence-corrected chi connectivity index (χ3v) is 0.129. The highest BCUT2D eigenvalue weighted by Crippen LogP contribution is 1.78. The second kappa shape index (κ2) is 2.83. The van der Waals surface area contributed by atoms with E-state index in [0.29, 0.717) is 0 Å². The fourth-order valence-electron chi connectivity index (χ4n) is 0. The molecule has 4 heavy (non-hydrogen) atoms. The molecule has 0 amide bonds. The summed E-state index contributed by atoms with van der Waals surface area (Å²) in [5.74, 6) is 0. The molecule has 0 radical (unpaired) electrons. The second-order valence-electron chi connectivity index (χ2n) is 0.180. The van der Waals surface area contributed by atoms with Gasteiger partial charge >= 0.3 is 0 Å². The maximum atomic E-state index is 8.68. The Kier molecular flexibility index (Phi) is 2.71. The van der Waals surface area contributed by atoms with Gasteiger partial charge in [-0.2, -0.15) is 0 Å². The van der Waals surface area contributed by atoms with Crippen molar-refractivity contribution in [3.8, 4) is 0 Å². The zero-order valence-electron chi connectivity index (χ0n) is 1.84. The smallest absolute Gasteiger partial charge is 0.157 e. The molecule has 0 aliphatic carbocycles. The van der Waals surface area contributed by atoms with Crippen LogP contribution in [0.4, 0.5) is 0 Å². The van der Waals surface area contributed by atoms with Crippen LogP contribution in [0.2, 0.25) is 0 Å². The van der Waals surface area contributed by atoms with E-state index in [1.165, 1.54) is 0 Å². The van der Waals surface area contributed by atoms with Crippen molar-refractivity contribution in [2.45, 2.75) is 0 Å². The summed E-state index contributed by atoms with van der Waals surface area (Å²) < 4.78 is 3.53. The number of nitrogens with zero attached hydrogens (tertiary/aromatic N) is 1. The van der Waals surface area contributed by atoms with E-state index in [1.54, 1.807) is 9.47 Å². The summed E-state index contributed by atoms with van der Waals surface area (Å²) in [4.78, 5) is 8.68. The van der Waals surface area contributed by atoms with Crippen molar-refractivity contribution in [1.29, 1.82) is 0 Å². The maximum Gasteiger partial charge on any atom is 0.157 e. The third-order valence-electron chi connectivity index (χ3n) is 0.0430. The molecule has 0 saturated carbocycles. The minimum atomic E-state index is 1.68. The molecule has 4 heteroatoms. The highest BCUT2D eigenvalue weighted by Gasteiger charge is 1.44. The van der Waals surface area contributed by atoms with E-state index in [4.69, 9.17) is 4.91 Å². The first-order chi connectivity index (χ1) is 1.91. The quantitative estimate of drug-likeness (QED) is 0.260. The highest BCUT2D eigenvalue weighted by atomic mass is 31.0. The molecule has 0 heterocycles. The molecule has 0 saturated heterocycles. The standard InChI is InChI=1S/H2NO2P/c2-1-3-4/h4H2. The largest absolute Gasteiger partial charge is 0.352 e. The van der Waals surface area contributed by atoms with E-state index in [-0.39, 0.29) is 0 Å². The summed E-state index contributed by atoms with van der Waals surface area (Å²) in [5, 5.41) is 1.95. The summed E-state index contributed by atoms with van der Waals surface area (Å²) in [7, 11) is 1.68. The Morgan fingerprint density at radius 3 is 2.25 bits per heavy atom. The van der Waals surface area contributed by atoms with E-state index in [1.807, 2.05) is 5.34 Å². The van der Waals surface area contributed by atoms with E-state index in [2.05, 4.69) is 4.62 Å². The van der Waals surface area contributed by atoms with Crippen LogP contribution >= 0.6 is 9.47 Å². The maximum absolute atomic E-state index is 8.68. The van der Waals surface area contributed by atoms with Crippen molar-refractivity contribution in [1.82, 2.24) is 0 Å². The van der Waals surface area contributed by atoms with Crippen LogP contribution in [-0.4, -0.2) is 0 Å². The lowest BCUT2D eigenvalue weighted by atomic mass is 13.4. The van der Waals surface area contributed by atoms with Crippen molar-refractivity contribution in [3.05, 3.63) is 4.91 Å². The molecule has 0 aromatic heterocycles. The summed E-state index contributed by atoms with van der Waals surface area (Å²) in [6.07, 6.45) is 0. The van der Waals surface area contributed by atoms with Crippen LogP contribution in [0.3, 0.4) is 0 Å². The van der Waals surface area contributed by atoms with Gasteiger partial charge in [0.05, 0.1) is 9.47 Å². The van der Waals surface area contributed by atoms with E-state index in [0.717, 1.165) is 0 Å². The molecule has 1 unspecified atom stereocenters. The molecule has 24 valence electrons. The van der Waals surface area contributed by atoms with Gasteiger partial charge in [-0.25, -0.2) is 0 Å². The molecular weight excluding hydrogens is 77.0 g/mol. The van der Waals surface area contributed by atoms with Crippen LogP contribution in [0.15, 0.2) is 5.34 Å². The lowest BCUT2D eigenvalue weighted by Gasteiger charge is -1.62. The highest BCUT2D eigenvalue weighted by molar-refractivity contribution is 7.09. The molecule has 0 aliphatic heterocycles. The Hall–Kier alpha value is -0.170. The van der Waals surface area contributed by atoms with Crippen LogP contribution in [0.1, 0.15) is 0 Å². The predicted octanol–water partition coefficient (Wildman–Crippen LogP) is 0.474. The molecule has 0 spiro atoms. The normalized spacial score (nSPS) is 5.25. The SMILES string of the molecule is O=NOP. The first-order valence-electron chi connectivity index (χ1n) is 0.601. The van der Waals surface area contributed by atoms with Crippen molar-refractivity contribution >= 4 is 9.47 Å². The molecule has 0 aromatic carbocycles. The van der Waals surface area contributed by atoms with Gasteiger partial charge in [0.2, 0.25) is 0 Å². The van der Waals surface area contributed by atoms with Gasteiger partial charge in [0.1, 0.15) is 0 Å². The van der Waals surface area contributed by atoms with Crippen LogP contribution in [-0.2, 0) is 4.62 Å². The minimum absolute atomic E-state index is 1.68. The minimum Gasteiger partial charge on any atom is -0.352 e. The van der Waals surface area contributed by atoms with Crippen LogP contribution in [0.25, 0.3) is 0 Å². The van der Waals surface area contributed by atoms with E-state index < -0.39 is 0 Å². The molecule has 1 atom stereocenters. The summed E-state index contributed by atoms with van der Waals surface area (Å²) in [6, 6.07) is 0. The topological polar surface area (TPSA) is 38.7 Å². The van der Waals surface area contributed by atoms with Gasteiger partial charge in [0.15, 0.2) is 5.34 Å². The second-order valence-corrected chi connectivity index (χ2v) is 0.391. The van der Waals surface area contributed by atoms with Crippen molar-refractivity contribution in [2.24, 2.45) is 5.34 Å². The van der Waals surface area contributed by atoms with Gasteiger partial charge in [0.25, 0.3) is 0 Å². The molecule has 0 aromatic rings. The van der Waals surface area contributed by atoms with Gasteiger partial charge in [-0.1, -0.05) is 0 Å². The lowest BCUT2D eigenvalue weighted by Crippen LogP contribution is -1.36. The van der Waals surface area contributed by atoms with Gasteiger partial charge in [-0.15, -0.1) is 4.91 Å². The lowest BCUT2D eigenvalue weighted by molar-refractivity contribution is 0.396. The number of hydrogen-bond donors (Lipinski definition) is 0. The Labute approximate surface area is 25.6 Å². The molecule has 0 aliphatic rings. The van der Waals surface area contributed by atoms with Crippen LogP contribution in [0, 0.1) is 4.91 Å².